The molecule has 0 saturated heterocycles. The summed E-state index contributed by atoms with van der Waals surface area (Å²) in [5.74, 6) is 1.41. The first kappa shape index (κ1) is 14.4. The second-order valence-corrected chi connectivity index (χ2v) is 6.14. The van der Waals surface area contributed by atoms with Gasteiger partial charge in [-0.3, -0.25) is 0 Å². The van der Waals surface area contributed by atoms with Gasteiger partial charge in [0.05, 0.1) is 13.2 Å². The van der Waals surface area contributed by atoms with Crippen LogP contribution >= 0.6 is 15.9 Å². The maximum absolute atomic E-state index is 10.4. The highest BCUT2D eigenvalue weighted by atomic mass is 79.9. The molecule has 0 saturated carbocycles. The Hall–Kier alpha value is -1.52. The van der Waals surface area contributed by atoms with Gasteiger partial charge in [0, 0.05) is 28.1 Å². The van der Waals surface area contributed by atoms with Crippen LogP contribution in [0.25, 0.3) is 0 Å². The van der Waals surface area contributed by atoms with Crippen LogP contribution in [0, 0.1) is 6.92 Å². The fourth-order valence-corrected chi connectivity index (χ4v) is 3.38. The molecule has 0 spiro atoms. The zero-order valence-electron chi connectivity index (χ0n) is 12.0. The van der Waals surface area contributed by atoms with Crippen LogP contribution in [0.1, 0.15) is 35.3 Å². The Bertz CT molecular complexity index is 669. The van der Waals surface area contributed by atoms with E-state index in [2.05, 4.69) is 28.1 Å². The molecular formula is C17H17BrO3. The van der Waals surface area contributed by atoms with E-state index in [-0.39, 0.29) is 6.10 Å². The number of ether oxygens (including phenoxy) is 2. The molecule has 1 unspecified atom stereocenters. The number of rotatable bonds is 2. The first-order chi connectivity index (χ1) is 10.1. The molecule has 4 heteroatoms. The van der Waals surface area contributed by atoms with Crippen molar-refractivity contribution in [3.05, 3.63) is 57.6 Å². The first-order valence-electron chi connectivity index (χ1n) is 6.87. The van der Waals surface area contributed by atoms with Crippen molar-refractivity contribution in [2.45, 2.75) is 25.6 Å². The lowest BCUT2D eigenvalue weighted by molar-refractivity contribution is 0.0651. The third-order valence-electron chi connectivity index (χ3n) is 3.79. The van der Waals surface area contributed by atoms with Gasteiger partial charge in [0.1, 0.15) is 17.6 Å². The second-order valence-electron chi connectivity index (χ2n) is 5.29. The van der Waals surface area contributed by atoms with Gasteiger partial charge in [0.15, 0.2) is 0 Å². The van der Waals surface area contributed by atoms with Crippen LogP contribution < -0.4 is 9.47 Å². The smallest absolute Gasteiger partial charge is 0.129 e. The lowest BCUT2D eigenvalue weighted by atomic mass is 9.94. The van der Waals surface area contributed by atoms with E-state index in [0.29, 0.717) is 12.2 Å². The van der Waals surface area contributed by atoms with Crippen molar-refractivity contribution in [3.8, 4) is 11.5 Å². The SMILES string of the molecule is COc1ccc2c(c1)OC(c1ccc(C)cc1Br)C[C@@H]2O. The summed E-state index contributed by atoms with van der Waals surface area (Å²) in [6.07, 6.45) is -0.159. The van der Waals surface area contributed by atoms with Gasteiger partial charge in [-0.15, -0.1) is 0 Å². The fraction of sp³-hybridized carbons (Fsp3) is 0.294. The molecule has 0 fully saturated rings. The number of aliphatic hydroxyl groups is 1. The summed E-state index contributed by atoms with van der Waals surface area (Å²) in [5.41, 5.74) is 3.05. The number of fused-ring (bicyclic) bond motifs is 1. The maximum atomic E-state index is 10.4. The molecule has 21 heavy (non-hydrogen) atoms. The molecule has 110 valence electrons. The number of benzene rings is 2. The zero-order chi connectivity index (χ0) is 15.0. The van der Waals surface area contributed by atoms with Gasteiger partial charge in [-0.05, 0) is 30.7 Å². The molecule has 2 atom stereocenters. The third kappa shape index (κ3) is 2.78. The molecule has 0 radical (unpaired) electrons. The summed E-state index contributed by atoms with van der Waals surface area (Å²) in [7, 11) is 1.62. The average molecular weight is 349 g/mol. The summed E-state index contributed by atoms with van der Waals surface area (Å²) in [4.78, 5) is 0. The number of hydrogen-bond acceptors (Lipinski definition) is 3. The van der Waals surface area contributed by atoms with E-state index < -0.39 is 6.10 Å². The summed E-state index contributed by atoms with van der Waals surface area (Å²) < 4.78 is 12.3. The van der Waals surface area contributed by atoms with Crippen LogP contribution in [0.2, 0.25) is 0 Å². The Morgan fingerprint density at radius 2 is 1.95 bits per heavy atom. The highest BCUT2D eigenvalue weighted by molar-refractivity contribution is 9.10. The molecule has 1 aliphatic rings. The number of methoxy groups -OCH3 is 1. The standard InChI is InChI=1S/C17H17BrO3/c1-10-3-5-12(14(18)7-10)17-9-15(19)13-6-4-11(20-2)8-16(13)21-17/h3-8,15,17,19H,9H2,1-2H3/t15-,17?/m0/s1. The van der Waals surface area contributed by atoms with Crippen molar-refractivity contribution >= 4 is 15.9 Å². The first-order valence-corrected chi connectivity index (χ1v) is 7.66. The van der Waals surface area contributed by atoms with Crippen molar-refractivity contribution in [1.29, 1.82) is 0 Å². The highest BCUT2D eigenvalue weighted by Gasteiger charge is 2.29. The molecule has 2 aromatic carbocycles. The van der Waals surface area contributed by atoms with Crippen molar-refractivity contribution in [2.24, 2.45) is 0 Å². The minimum Gasteiger partial charge on any atom is -0.497 e. The molecule has 3 rings (SSSR count). The number of aryl methyl sites for hydroxylation is 1. The summed E-state index contributed by atoms with van der Waals surface area (Å²) in [5, 5.41) is 10.4. The predicted molar refractivity (Wildman–Crippen MR) is 84.8 cm³/mol. The van der Waals surface area contributed by atoms with E-state index in [4.69, 9.17) is 9.47 Å². The minimum atomic E-state index is -0.530. The molecule has 0 aromatic heterocycles. The van der Waals surface area contributed by atoms with Crippen LogP contribution in [-0.4, -0.2) is 12.2 Å². The van der Waals surface area contributed by atoms with E-state index in [9.17, 15) is 5.11 Å². The average Bonchev–Trinajstić information content (AvgIpc) is 2.46. The molecule has 1 N–H and O–H groups in total. The molecule has 0 bridgehead atoms. The highest BCUT2D eigenvalue weighted by Crippen LogP contribution is 2.43. The van der Waals surface area contributed by atoms with Crippen LogP contribution in [0.5, 0.6) is 11.5 Å². The largest absolute Gasteiger partial charge is 0.497 e. The van der Waals surface area contributed by atoms with Gasteiger partial charge in [0.2, 0.25) is 0 Å². The van der Waals surface area contributed by atoms with Gasteiger partial charge in [-0.2, -0.15) is 0 Å². The predicted octanol–water partition coefficient (Wildman–Crippen LogP) is 4.32. The Labute approximate surface area is 132 Å². The van der Waals surface area contributed by atoms with E-state index in [1.54, 1.807) is 7.11 Å². The second kappa shape index (κ2) is 5.70. The van der Waals surface area contributed by atoms with Crippen LogP contribution in [0.4, 0.5) is 0 Å². The monoisotopic (exact) mass is 348 g/mol. The lowest BCUT2D eigenvalue weighted by Crippen LogP contribution is -2.19. The molecule has 2 aromatic rings. The van der Waals surface area contributed by atoms with E-state index in [0.717, 1.165) is 21.3 Å². The third-order valence-corrected chi connectivity index (χ3v) is 4.48. The Balaban J connectivity index is 1.96. The van der Waals surface area contributed by atoms with Gasteiger partial charge in [0.25, 0.3) is 0 Å². The zero-order valence-corrected chi connectivity index (χ0v) is 13.6. The topological polar surface area (TPSA) is 38.7 Å². The van der Waals surface area contributed by atoms with Crippen molar-refractivity contribution in [2.75, 3.05) is 7.11 Å². The summed E-state index contributed by atoms with van der Waals surface area (Å²) in [6, 6.07) is 11.7. The van der Waals surface area contributed by atoms with Gasteiger partial charge in [-0.25, -0.2) is 0 Å². The maximum Gasteiger partial charge on any atom is 0.129 e. The summed E-state index contributed by atoms with van der Waals surface area (Å²) in [6.45, 7) is 2.05. The normalized spacial score (nSPS) is 20.6. The molecular weight excluding hydrogens is 332 g/mol. The van der Waals surface area contributed by atoms with Crippen molar-refractivity contribution < 1.29 is 14.6 Å². The number of aliphatic hydroxyl groups excluding tert-OH is 1. The van der Waals surface area contributed by atoms with Gasteiger partial charge >= 0.3 is 0 Å². The molecule has 0 amide bonds. The van der Waals surface area contributed by atoms with E-state index in [1.165, 1.54) is 5.56 Å². The van der Waals surface area contributed by atoms with E-state index in [1.807, 2.05) is 31.2 Å². The van der Waals surface area contributed by atoms with Crippen LogP contribution in [-0.2, 0) is 0 Å². The lowest BCUT2D eigenvalue weighted by Gasteiger charge is -2.30. The van der Waals surface area contributed by atoms with Crippen molar-refractivity contribution in [3.63, 3.8) is 0 Å². The number of halogens is 1. The molecule has 3 nitrogen and oxygen atoms in total. The Morgan fingerprint density at radius 3 is 2.67 bits per heavy atom. The Kier molecular flexibility index (Phi) is 3.91. The summed E-state index contributed by atoms with van der Waals surface area (Å²) >= 11 is 3.58. The Morgan fingerprint density at radius 1 is 1.19 bits per heavy atom. The molecule has 0 aliphatic carbocycles. The van der Waals surface area contributed by atoms with Gasteiger partial charge < -0.3 is 14.6 Å². The van der Waals surface area contributed by atoms with E-state index >= 15 is 0 Å². The molecule has 1 heterocycles. The van der Waals surface area contributed by atoms with Gasteiger partial charge in [-0.1, -0.05) is 28.1 Å². The van der Waals surface area contributed by atoms with Crippen molar-refractivity contribution in [1.82, 2.24) is 0 Å². The number of hydrogen-bond donors (Lipinski definition) is 1. The quantitative estimate of drug-likeness (QED) is 0.877. The van der Waals surface area contributed by atoms with Crippen LogP contribution in [0.15, 0.2) is 40.9 Å². The van der Waals surface area contributed by atoms with Crippen LogP contribution in [0.3, 0.4) is 0 Å². The minimum absolute atomic E-state index is 0.172. The fourth-order valence-electron chi connectivity index (χ4n) is 2.63. The molecule has 1 aliphatic heterocycles.